The number of amides is 1. The van der Waals surface area contributed by atoms with Gasteiger partial charge in [0.25, 0.3) is 5.91 Å². The minimum Gasteiger partial charge on any atom is -0.493 e. The molecule has 0 spiro atoms. The van der Waals surface area contributed by atoms with E-state index in [1.54, 1.807) is 12.1 Å². The van der Waals surface area contributed by atoms with Gasteiger partial charge in [-0.3, -0.25) is 4.79 Å². The van der Waals surface area contributed by atoms with Crippen LogP contribution in [0.5, 0.6) is 11.5 Å². The van der Waals surface area contributed by atoms with Crippen LogP contribution >= 0.6 is 0 Å². The molecule has 3 aromatic rings. The van der Waals surface area contributed by atoms with Crippen molar-refractivity contribution in [1.82, 2.24) is 0 Å². The molecule has 0 aliphatic heterocycles. The van der Waals surface area contributed by atoms with E-state index in [0.29, 0.717) is 36.1 Å². The van der Waals surface area contributed by atoms with Crippen LogP contribution in [0.1, 0.15) is 29.8 Å². The summed E-state index contributed by atoms with van der Waals surface area (Å²) in [5, 5.41) is 2.91. The second-order valence-corrected chi connectivity index (χ2v) is 6.99. The predicted octanol–water partition coefficient (Wildman–Crippen LogP) is 5.55. The molecule has 0 heterocycles. The van der Waals surface area contributed by atoms with Crippen molar-refractivity contribution in [2.75, 3.05) is 11.9 Å². The third-order valence-electron chi connectivity index (χ3n) is 4.02. The number of hydrogen-bond acceptors (Lipinski definition) is 3. The fourth-order valence-electron chi connectivity index (χ4n) is 2.60. The molecule has 0 atom stereocenters. The summed E-state index contributed by atoms with van der Waals surface area (Å²) in [6.07, 6.45) is 0. The summed E-state index contributed by atoms with van der Waals surface area (Å²) in [5.41, 5.74) is 2.32. The van der Waals surface area contributed by atoms with E-state index >= 15 is 0 Å². The maximum absolute atomic E-state index is 12.6. The van der Waals surface area contributed by atoms with Gasteiger partial charge in [-0.05, 0) is 41.8 Å². The lowest BCUT2D eigenvalue weighted by molar-refractivity contribution is 0.102. The maximum Gasteiger partial charge on any atom is 0.255 e. The second-order valence-electron chi connectivity index (χ2n) is 6.99. The van der Waals surface area contributed by atoms with Crippen molar-refractivity contribution in [3.05, 3.63) is 90.0 Å². The number of benzene rings is 3. The van der Waals surface area contributed by atoms with E-state index in [9.17, 15) is 4.79 Å². The van der Waals surface area contributed by atoms with Gasteiger partial charge in [-0.1, -0.05) is 56.3 Å². The van der Waals surface area contributed by atoms with Crippen molar-refractivity contribution in [3.63, 3.8) is 0 Å². The summed E-state index contributed by atoms with van der Waals surface area (Å²) >= 11 is 0. The van der Waals surface area contributed by atoms with Crippen molar-refractivity contribution >= 4 is 11.6 Å². The van der Waals surface area contributed by atoms with E-state index in [0.717, 1.165) is 11.3 Å². The van der Waals surface area contributed by atoms with Crippen molar-refractivity contribution in [2.24, 2.45) is 5.92 Å². The molecule has 1 amide bonds. The molecule has 28 heavy (non-hydrogen) atoms. The Labute approximate surface area is 166 Å². The van der Waals surface area contributed by atoms with E-state index in [1.165, 1.54) is 0 Å². The van der Waals surface area contributed by atoms with Crippen LogP contribution in [-0.4, -0.2) is 12.5 Å². The van der Waals surface area contributed by atoms with Gasteiger partial charge in [0, 0.05) is 17.3 Å². The lowest BCUT2D eigenvalue weighted by atomic mass is 10.2. The molecule has 144 valence electrons. The summed E-state index contributed by atoms with van der Waals surface area (Å²) in [7, 11) is 0. The van der Waals surface area contributed by atoms with Crippen molar-refractivity contribution in [1.29, 1.82) is 0 Å². The first-order valence-electron chi connectivity index (χ1n) is 9.41. The van der Waals surface area contributed by atoms with E-state index in [1.807, 2.05) is 66.7 Å². The lowest BCUT2D eigenvalue weighted by Crippen LogP contribution is -2.12. The first-order chi connectivity index (χ1) is 13.6. The van der Waals surface area contributed by atoms with Crippen LogP contribution in [0.4, 0.5) is 5.69 Å². The van der Waals surface area contributed by atoms with Gasteiger partial charge in [0.05, 0.1) is 6.61 Å². The molecule has 0 radical (unpaired) electrons. The Morgan fingerprint density at radius 2 is 1.57 bits per heavy atom. The highest BCUT2D eigenvalue weighted by atomic mass is 16.5. The van der Waals surface area contributed by atoms with Gasteiger partial charge in [0.2, 0.25) is 0 Å². The zero-order valence-electron chi connectivity index (χ0n) is 16.2. The van der Waals surface area contributed by atoms with Crippen LogP contribution in [0.3, 0.4) is 0 Å². The smallest absolute Gasteiger partial charge is 0.255 e. The minimum atomic E-state index is -0.189. The van der Waals surface area contributed by atoms with E-state index in [4.69, 9.17) is 9.47 Å². The van der Waals surface area contributed by atoms with Gasteiger partial charge in [0.15, 0.2) is 0 Å². The third-order valence-corrected chi connectivity index (χ3v) is 4.02. The second kappa shape index (κ2) is 9.60. The molecule has 0 aliphatic carbocycles. The van der Waals surface area contributed by atoms with Crippen LogP contribution in [0.15, 0.2) is 78.9 Å². The molecular weight excluding hydrogens is 350 g/mol. The highest BCUT2D eigenvalue weighted by molar-refractivity contribution is 6.04. The Bertz CT molecular complexity index is 906. The van der Waals surface area contributed by atoms with Crippen molar-refractivity contribution in [2.45, 2.75) is 20.5 Å². The Kier molecular flexibility index (Phi) is 6.68. The zero-order valence-corrected chi connectivity index (χ0v) is 16.2. The Hall–Kier alpha value is -3.27. The van der Waals surface area contributed by atoms with E-state index in [2.05, 4.69) is 19.2 Å². The molecule has 3 aromatic carbocycles. The first kappa shape index (κ1) is 19.5. The summed E-state index contributed by atoms with van der Waals surface area (Å²) in [5.74, 6) is 1.65. The number of carbonyl (C=O) groups excluding carboxylic acids is 1. The molecule has 0 unspecified atom stereocenters. The van der Waals surface area contributed by atoms with Gasteiger partial charge >= 0.3 is 0 Å². The van der Waals surface area contributed by atoms with Crippen LogP contribution in [0, 0.1) is 5.92 Å². The number of carbonyl (C=O) groups is 1. The molecule has 0 aliphatic rings. The molecule has 0 aromatic heterocycles. The molecule has 0 fully saturated rings. The number of ether oxygens (including phenoxy) is 2. The maximum atomic E-state index is 12.6. The van der Waals surface area contributed by atoms with Gasteiger partial charge in [-0.25, -0.2) is 0 Å². The van der Waals surface area contributed by atoms with Crippen LogP contribution in [0.2, 0.25) is 0 Å². The minimum absolute atomic E-state index is 0.189. The molecule has 3 rings (SSSR count). The standard InChI is InChI=1S/C24H25NO3/c1-18(2)16-27-23-13-7-11-21(15-23)25-24(26)20-10-6-12-22(14-20)28-17-19-8-4-3-5-9-19/h3-15,18H,16-17H2,1-2H3,(H,25,26). The molecule has 4 heteroatoms. The average Bonchev–Trinajstić information content (AvgIpc) is 2.72. The van der Waals surface area contributed by atoms with Gasteiger partial charge in [-0.2, -0.15) is 0 Å². The molecule has 1 N–H and O–H groups in total. The molecule has 0 bridgehead atoms. The normalized spacial score (nSPS) is 10.5. The molecule has 4 nitrogen and oxygen atoms in total. The van der Waals surface area contributed by atoms with Crippen LogP contribution < -0.4 is 14.8 Å². The Balaban J connectivity index is 1.62. The van der Waals surface area contributed by atoms with Crippen LogP contribution in [0.25, 0.3) is 0 Å². The highest BCUT2D eigenvalue weighted by Gasteiger charge is 2.08. The summed E-state index contributed by atoms with van der Waals surface area (Å²) in [6.45, 7) is 5.29. The van der Waals surface area contributed by atoms with Crippen molar-refractivity contribution < 1.29 is 14.3 Å². The third kappa shape index (κ3) is 5.88. The summed E-state index contributed by atoms with van der Waals surface area (Å²) in [4.78, 5) is 12.6. The fraction of sp³-hybridized carbons (Fsp3) is 0.208. The first-order valence-corrected chi connectivity index (χ1v) is 9.41. The summed E-state index contributed by atoms with van der Waals surface area (Å²) in [6, 6.07) is 24.5. The molecule has 0 saturated carbocycles. The number of hydrogen-bond donors (Lipinski definition) is 1. The largest absolute Gasteiger partial charge is 0.493 e. The quantitative estimate of drug-likeness (QED) is 0.561. The van der Waals surface area contributed by atoms with Crippen LogP contribution in [-0.2, 0) is 6.61 Å². The number of anilines is 1. The van der Waals surface area contributed by atoms with Gasteiger partial charge in [0.1, 0.15) is 18.1 Å². The lowest BCUT2D eigenvalue weighted by Gasteiger charge is -2.11. The zero-order chi connectivity index (χ0) is 19.8. The number of nitrogens with one attached hydrogen (secondary N) is 1. The Morgan fingerprint density at radius 1 is 0.857 bits per heavy atom. The van der Waals surface area contributed by atoms with E-state index in [-0.39, 0.29) is 5.91 Å². The topological polar surface area (TPSA) is 47.6 Å². The molecular formula is C24H25NO3. The van der Waals surface area contributed by atoms with Crippen molar-refractivity contribution in [3.8, 4) is 11.5 Å². The SMILES string of the molecule is CC(C)COc1cccc(NC(=O)c2cccc(OCc3ccccc3)c2)c1. The number of rotatable bonds is 8. The fourth-order valence-corrected chi connectivity index (χ4v) is 2.60. The average molecular weight is 375 g/mol. The predicted molar refractivity (Wildman–Crippen MR) is 112 cm³/mol. The van der Waals surface area contributed by atoms with E-state index < -0.39 is 0 Å². The highest BCUT2D eigenvalue weighted by Crippen LogP contribution is 2.20. The monoisotopic (exact) mass is 375 g/mol. The van der Waals surface area contributed by atoms with Gasteiger partial charge < -0.3 is 14.8 Å². The Morgan fingerprint density at radius 3 is 2.32 bits per heavy atom. The van der Waals surface area contributed by atoms with Gasteiger partial charge in [-0.15, -0.1) is 0 Å². The summed E-state index contributed by atoms with van der Waals surface area (Å²) < 4.78 is 11.5. The molecule has 0 saturated heterocycles.